The van der Waals surface area contributed by atoms with Crippen LogP contribution in [0, 0.1) is 0 Å². The molecule has 1 aliphatic rings. The third kappa shape index (κ3) is 6.13. The minimum absolute atomic E-state index is 0. The monoisotopic (exact) mass is 328 g/mol. The second kappa shape index (κ2) is 9.36. The highest BCUT2D eigenvalue weighted by Gasteiger charge is 2.23. The van der Waals surface area contributed by atoms with Crippen molar-refractivity contribution in [3.05, 3.63) is 29.8 Å². The summed E-state index contributed by atoms with van der Waals surface area (Å²) in [5.74, 6) is 0.815. The molecule has 0 bridgehead atoms. The van der Waals surface area contributed by atoms with Crippen molar-refractivity contribution in [3.8, 4) is 5.75 Å². The fourth-order valence-electron chi connectivity index (χ4n) is 2.80. The zero-order chi connectivity index (χ0) is 15.2. The lowest BCUT2D eigenvalue weighted by molar-refractivity contribution is -0.0786. The lowest BCUT2D eigenvalue weighted by Crippen LogP contribution is -3.00. The highest BCUT2D eigenvalue weighted by Crippen LogP contribution is 2.14. The van der Waals surface area contributed by atoms with Crippen LogP contribution in [-0.4, -0.2) is 54.6 Å². The van der Waals surface area contributed by atoms with Crippen LogP contribution in [0.3, 0.4) is 0 Å². The molecule has 1 aliphatic heterocycles. The molecule has 0 aliphatic carbocycles. The van der Waals surface area contributed by atoms with Crippen molar-refractivity contribution in [2.45, 2.75) is 45.5 Å². The van der Waals surface area contributed by atoms with Crippen molar-refractivity contribution in [2.75, 3.05) is 26.2 Å². The summed E-state index contributed by atoms with van der Waals surface area (Å²) in [5.41, 5.74) is 1.29. The van der Waals surface area contributed by atoms with E-state index in [2.05, 4.69) is 37.8 Å². The summed E-state index contributed by atoms with van der Waals surface area (Å²) >= 11 is 0. The van der Waals surface area contributed by atoms with E-state index in [1.165, 1.54) is 5.56 Å². The zero-order valence-electron chi connectivity index (χ0n) is 13.7. The first-order valence-electron chi connectivity index (χ1n) is 7.84. The molecule has 1 aromatic carbocycles. The first kappa shape index (κ1) is 19.2. The van der Waals surface area contributed by atoms with Crippen LogP contribution in [0.25, 0.3) is 0 Å². The molecule has 0 saturated carbocycles. The van der Waals surface area contributed by atoms with Gasteiger partial charge in [-0.1, -0.05) is 19.1 Å². The van der Waals surface area contributed by atoms with Crippen LogP contribution in [0.2, 0.25) is 0 Å². The number of aliphatic hydroxyl groups is 1. The Kier molecular flexibility index (Phi) is 8.18. The van der Waals surface area contributed by atoms with Crippen LogP contribution in [0.15, 0.2) is 24.3 Å². The van der Waals surface area contributed by atoms with Crippen molar-refractivity contribution in [3.63, 3.8) is 0 Å². The number of aliphatic hydroxyl groups excluding tert-OH is 1. The van der Waals surface area contributed by atoms with Crippen LogP contribution < -0.4 is 17.1 Å². The Bertz CT molecular complexity index is 416. The second-order valence-electron chi connectivity index (χ2n) is 5.94. The van der Waals surface area contributed by atoms with Crippen molar-refractivity contribution in [1.29, 1.82) is 0 Å². The van der Waals surface area contributed by atoms with Crippen LogP contribution >= 0.6 is 0 Å². The number of aryl methyl sites for hydroxylation is 1. The third-order valence-corrected chi connectivity index (χ3v) is 3.74. The molecule has 0 aromatic heterocycles. The number of hydrogen-bond acceptors (Lipinski definition) is 4. The van der Waals surface area contributed by atoms with Crippen LogP contribution in [0.4, 0.5) is 0 Å². The van der Waals surface area contributed by atoms with Gasteiger partial charge in [-0.05, 0) is 38.0 Å². The molecule has 2 rings (SSSR count). The van der Waals surface area contributed by atoms with E-state index in [-0.39, 0.29) is 24.6 Å². The van der Waals surface area contributed by atoms with Gasteiger partial charge in [0.25, 0.3) is 0 Å². The number of benzene rings is 1. The van der Waals surface area contributed by atoms with Gasteiger partial charge in [0.2, 0.25) is 0 Å². The fourth-order valence-corrected chi connectivity index (χ4v) is 2.80. The van der Waals surface area contributed by atoms with E-state index >= 15 is 0 Å². The Morgan fingerprint density at radius 2 is 1.82 bits per heavy atom. The second-order valence-corrected chi connectivity index (χ2v) is 5.94. The molecule has 0 amide bonds. The molecule has 1 heterocycles. The van der Waals surface area contributed by atoms with Gasteiger partial charge in [-0.15, -0.1) is 0 Å². The maximum absolute atomic E-state index is 10.1. The van der Waals surface area contributed by atoms with E-state index in [0.29, 0.717) is 13.2 Å². The van der Waals surface area contributed by atoms with Crippen molar-refractivity contribution in [2.24, 2.45) is 0 Å². The number of ether oxygens (including phenoxy) is 2. The summed E-state index contributed by atoms with van der Waals surface area (Å²) in [6.45, 7) is 8.96. The molecule has 4 nitrogen and oxygen atoms in total. The van der Waals surface area contributed by atoms with Gasteiger partial charge < -0.3 is 27.0 Å². The van der Waals surface area contributed by atoms with E-state index in [1.807, 2.05) is 12.1 Å². The van der Waals surface area contributed by atoms with Crippen LogP contribution in [0.1, 0.15) is 26.3 Å². The molecule has 3 atom stereocenters. The number of halogens is 1. The normalized spacial score (nSPS) is 23.6. The molecule has 22 heavy (non-hydrogen) atoms. The lowest BCUT2D eigenvalue weighted by Gasteiger charge is -2.36. The van der Waals surface area contributed by atoms with E-state index < -0.39 is 6.10 Å². The Labute approximate surface area is 139 Å². The highest BCUT2D eigenvalue weighted by atomic mass is 35.5. The Hall–Kier alpha value is -0.810. The minimum Gasteiger partial charge on any atom is -1.00 e. The lowest BCUT2D eigenvalue weighted by atomic mass is 10.2. The third-order valence-electron chi connectivity index (χ3n) is 3.74. The molecule has 126 valence electrons. The largest absolute Gasteiger partial charge is 1.00 e. The summed E-state index contributed by atoms with van der Waals surface area (Å²) in [7, 11) is 0. The number of β-amino-alcohol motifs (C(OH)–C–C–N with tert-alkyl or cyclic N) is 1. The summed E-state index contributed by atoms with van der Waals surface area (Å²) in [6.07, 6.45) is 0.997. The Balaban J connectivity index is 0.00000242. The smallest absolute Gasteiger partial charge is 0.119 e. The van der Waals surface area contributed by atoms with Crippen LogP contribution in [-0.2, 0) is 11.2 Å². The first-order chi connectivity index (χ1) is 10.1. The van der Waals surface area contributed by atoms with Crippen LogP contribution in [0.5, 0.6) is 5.75 Å². The number of hydrogen-bond donors (Lipinski definition) is 1. The summed E-state index contributed by atoms with van der Waals surface area (Å²) in [6, 6.07) is 8.05. The average molecular weight is 329 g/mol. The van der Waals surface area contributed by atoms with Gasteiger partial charge in [-0.3, -0.25) is 4.90 Å². The zero-order valence-corrected chi connectivity index (χ0v) is 14.4. The van der Waals surface area contributed by atoms with Crippen molar-refractivity contribution in [1.82, 2.24) is 4.90 Å². The molecule has 3 unspecified atom stereocenters. The molecular formula is C17H27ClNO3-. The van der Waals surface area contributed by atoms with Gasteiger partial charge >= 0.3 is 0 Å². The van der Waals surface area contributed by atoms with E-state index in [9.17, 15) is 5.11 Å². The van der Waals surface area contributed by atoms with E-state index in [0.717, 1.165) is 25.3 Å². The number of morpholine rings is 1. The number of nitrogens with zero attached hydrogens (tertiary/aromatic N) is 1. The van der Waals surface area contributed by atoms with Gasteiger partial charge in [-0.25, -0.2) is 0 Å². The van der Waals surface area contributed by atoms with Gasteiger partial charge in [0.1, 0.15) is 18.5 Å². The molecule has 0 spiro atoms. The fraction of sp³-hybridized carbons (Fsp3) is 0.647. The van der Waals surface area contributed by atoms with E-state index in [1.54, 1.807) is 0 Å². The Morgan fingerprint density at radius 3 is 2.36 bits per heavy atom. The predicted octanol–water partition coefficient (Wildman–Crippen LogP) is -0.898. The number of rotatable bonds is 6. The maximum atomic E-state index is 10.1. The molecule has 1 aromatic rings. The summed E-state index contributed by atoms with van der Waals surface area (Å²) in [4.78, 5) is 2.24. The van der Waals surface area contributed by atoms with Gasteiger partial charge in [-0.2, -0.15) is 0 Å². The van der Waals surface area contributed by atoms with Gasteiger partial charge in [0.15, 0.2) is 0 Å². The standard InChI is InChI=1S/C17H27NO3.ClH/c1-4-15-5-7-17(8-6-15)20-12-16(19)11-18-9-13(2)21-14(3)10-18;/h5-8,13-14,16,19H,4,9-12H2,1-3H3;1H/p-1. The van der Waals surface area contributed by atoms with Crippen molar-refractivity contribution >= 4 is 0 Å². The van der Waals surface area contributed by atoms with Gasteiger partial charge in [0, 0.05) is 19.6 Å². The molecule has 1 fully saturated rings. The molecule has 1 N–H and O–H groups in total. The summed E-state index contributed by atoms with van der Waals surface area (Å²) < 4.78 is 11.3. The minimum atomic E-state index is -0.478. The molecule has 5 heteroatoms. The first-order valence-corrected chi connectivity index (χ1v) is 7.84. The average Bonchev–Trinajstić information content (AvgIpc) is 2.44. The molecule has 1 saturated heterocycles. The maximum Gasteiger partial charge on any atom is 0.119 e. The SMILES string of the molecule is CCc1ccc(OCC(O)CN2CC(C)OC(C)C2)cc1.[Cl-]. The van der Waals surface area contributed by atoms with Gasteiger partial charge in [0.05, 0.1) is 12.2 Å². The Morgan fingerprint density at radius 1 is 1.23 bits per heavy atom. The summed E-state index contributed by atoms with van der Waals surface area (Å²) in [5, 5.41) is 10.1. The molecular weight excluding hydrogens is 302 g/mol. The van der Waals surface area contributed by atoms with E-state index in [4.69, 9.17) is 9.47 Å². The van der Waals surface area contributed by atoms with Crippen molar-refractivity contribution < 1.29 is 27.0 Å². The highest BCUT2D eigenvalue weighted by molar-refractivity contribution is 5.27. The quantitative estimate of drug-likeness (QED) is 0.735. The molecule has 0 radical (unpaired) electrons. The topological polar surface area (TPSA) is 41.9 Å². The predicted molar refractivity (Wildman–Crippen MR) is 83.8 cm³/mol.